The molecule has 0 radical (unpaired) electrons. The minimum absolute atomic E-state index is 0.174. The number of H-pyrrole nitrogens is 1. The molecule has 4 N–H and O–H groups in total. The number of amides is 1. The van der Waals surface area contributed by atoms with E-state index in [-0.39, 0.29) is 5.91 Å². The van der Waals surface area contributed by atoms with E-state index in [1.165, 1.54) is 0 Å². The topological polar surface area (TPSA) is 83.8 Å². The van der Waals surface area contributed by atoms with Gasteiger partial charge in [0.2, 0.25) is 0 Å². The number of nitrogen functional groups attached to an aromatic ring is 1. The monoisotopic (exact) mass is 230 g/mol. The molecule has 88 valence electrons. The number of aromatic nitrogens is 2. The van der Waals surface area contributed by atoms with Gasteiger partial charge in [-0.15, -0.1) is 0 Å². The fraction of sp³-hybridized carbons (Fsp3) is 0.167. The van der Waals surface area contributed by atoms with Crippen LogP contribution in [0.2, 0.25) is 0 Å². The van der Waals surface area contributed by atoms with Crippen LogP contribution in [0.5, 0.6) is 0 Å². The van der Waals surface area contributed by atoms with Crippen LogP contribution in [0.1, 0.15) is 21.5 Å². The summed E-state index contributed by atoms with van der Waals surface area (Å²) in [6, 6.07) is 5.39. The summed E-state index contributed by atoms with van der Waals surface area (Å²) in [5.74, 6) is -0.174. The molecule has 5 nitrogen and oxygen atoms in total. The summed E-state index contributed by atoms with van der Waals surface area (Å²) in [5.41, 5.74) is 8.68. The normalized spacial score (nSPS) is 10.2. The van der Waals surface area contributed by atoms with E-state index < -0.39 is 0 Å². The highest BCUT2D eigenvalue weighted by Gasteiger charge is 2.09. The standard InChI is InChI=1S/C12H14N4O/c1-8-2-3-11(13)10(4-8)12(17)14-5-9-6-15-16-7-9/h2-4,6-7H,5,13H2,1H3,(H,14,17)(H,15,16). The Hall–Kier alpha value is -2.30. The lowest BCUT2D eigenvalue weighted by Crippen LogP contribution is -2.23. The second-order valence-electron chi connectivity index (χ2n) is 3.88. The predicted molar refractivity (Wildman–Crippen MR) is 65.3 cm³/mol. The van der Waals surface area contributed by atoms with Gasteiger partial charge < -0.3 is 11.1 Å². The number of benzene rings is 1. The number of aryl methyl sites for hydroxylation is 1. The lowest BCUT2D eigenvalue weighted by Gasteiger charge is -2.07. The average molecular weight is 230 g/mol. The molecule has 17 heavy (non-hydrogen) atoms. The molecule has 0 aliphatic carbocycles. The average Bonchev–Trinajstić information content (AvgIpc) is 2.82. The van der Waals surface area contributed by atoms with Crippen LogP contribution in [-0.4, -0.2) is 16.1 Å². The van der Waals surface area contributed by atoms with Gasteiger partial charge >= 0.3 is 0 Å². The summed E-state index contributed by atoms with van der Waals surface area (Å²) < 4.78 is 0. The van der Waals surface area contributed by atoms with Gasteiger partial charge in [-0.2, -0.15) is 5.10 Å². The van der Waals surface area contributed by atoms with Crippen LogP contribution in [0.3, 0.4) is 0 Å². The maximum absolute atomic E-state index is 11.9. The van der Waals surface area contributed by atoms with Crippen molar-refractivity contribution in [1.29, 1.82) is 0 Å². The van der Waals surface area contributed by atoms with Gasteiger partial charge in [0, 0.05) is 24.0 Å². The molecule has 0 fully saturated rings. The van der Waals surface area contributed by atoms with Crippen LogP contribution in [0.15, 0.2) is 30.6 Å². The van der Waals surface area contributed by atoms with E-state index in [2.05, 4.69) is 15.5 Å². The molecule has 2 rings (SSSR count). The molecule has 0 atom stereocenters. The molecule has 0 saturated heterocycles. The van der Waals surface area contributed by atoms with Crippen molar-refractivity contribution in [2.24, 2.45) is 0 Å². The van der Waals surface area contributed by atoms with Gasteiger partial charge in [0.05, 0.1) is 11.8 Å². The van der Waals surface area contributed by atoms with Crippen LogP contribution < -0.4 is 11.1 Å². The molecule has 0 saturated carbocycles. The van der Waals surface area contributed by atoms with E-state index in [1.54, 1.807) is 24.5 Å². The minimum atomic E-state index is -0.174. The number of hydrogen-bond acceptors (Lipinski definition) is 3. The summed E-state index contributed by atoms with van der Waals surface area (Å²) >= 11 is 0. The number of nitrogens with zero attached hydrogens (tertiary/aromatic N) is 1. The number of aromatic amines is 1. The van der Waals surface area contributed by atoms with Gasteiger partial charge in [-0.05, 0) is 19.1 Å². The molecule has 0 bridgehead atoms. The highest BCUT2D eigenvalue weighted by Crippen LogP contribution is 2.13. The summed E-state index contributed by atoms with van der Waals surface area (Å²) in [4.78, 5) is 11.9. The second kappa shape index (κ2) is 4.69. The molecule has 0 spiro atoms. The summed E-state index contributed by atoms with van der Waals surface area (Å²) in [5, 5.41) is 9.28. The van der Waals surface area contributed by atoms with Crippen LogP contribution in [0.25, 0.3) is 0 Å². The van der Waals surface area contributed by atoms with E-state index in [0.29, 0.717) is 17.8 Å². The van der Waals surface area contributed by atoms with Crippen LogP contribution in [-0.2, 0) is 6.54 Å². The fourth-order valence-electron chi connectivity index (χ4n) is 1.52. The third-order valence-electron chi connectivity index (χ3n) is 2.46. The molecule has 0 aliphatic heterocycles. The maximum atomic E-state index is 11.9. The first kappa shape index (κ1) is 11.2. The fourth-order valence-corrected chi connectivity index (χ4v) is 1.52. The van der Waals surface area contributed by atoms with E-state index in [1.807, 2.05) is 13.0 Å². The van der Waals surface area contributed by atoms with Crippen molar-refractivity contribution >= 4 is 11.6 Å². The Balaban J connectivity index is 2.07. The van der Waals surface area contributed by atoms with Crippen LogP contribution >= 0.6 is 0 Å². The molecule has 1 amide bonds. The van der Waals surface area contributed by atoms with Gasteiger partial charge in [-0.25, -0.2) is 0 Å². The Morgan fingerprint density at radius 1 is 1.53 bits per heavy atom. The molecular formula is C12H14N4O. The zero-order valence-electron chi connectivity index (χ0n) is 9.53. The van der Waals surface area contributed by atoms with Crippen molar-refractivity contribution in [3.63, 3.8) is 0 Å². The number of carbonyl (C=O) groups is 1. The van der Waals surface area contributed by atoms with Gasteiger partial charge in [0.1, 0.15) is 0 Å². The van der Waals surface area contributed by atoms with Crippen molar-refractivity contribution < 1.29 is 4.79 Å². The van der Waals surface area contributed by atoms with Crippen molar-refractivity contribution in [3.05, 3.63) is 47.3 Å². The molecule has 5 heteroatoms. The Bertz CT molecular complexity index is 519. The third-order valence-corrected chi connectivity index (χ3v) is 2.46. The molecule has 0 unspecified atom stereocenters. The van der Waals surface area contributed by atoms with Crippen molar-refractivity contribution in [3.8, 4) is 0 Å². The third kappa shape index (κ3) is 2.63. The van der Waals surface area contributed by atoms with Crippen molar-refractivity contribution in [2.45, 2.75) is 13.5 Å². The number of nitrogens with two attached hydrogens (primary N) is 1. The van der Waals surface area contributed by atoms with E-state index in [0.717, 1.165) is 11.1 Å². The second-order valence-corrected chi connectivity index (χ2v) is 3.88. The number of anilines is 1. The predicted octanol–water partition coefficient (Wildman–Crippen LogP) is 1.23. The number of rotatable bonds is 3. The smallest absolute Gasteiger partial charge is 0.253 e. The van der Waals surface area contributed by atoms with Crippen LogP contribution in [0.4, 0.5) is 5.69 Å². The number of nitrogens with one attached hydrogen (secondary N) is 2. The Morgan fingerprint density at radius 3 is 3.06 bits per heavy atom. The van der Waals surface area contributed by atoms with E-state index >= 15 is 0 Å². The summed E-state index contributed by atoms with van der Waals surface area (Å²) in [6.45, 7) is 2.36. The summed E-state index contributed by atoms with van der Waals surface area (Å²) in [6.07, 6.45) is 3.40. The number of carbonyl (C=O) groups excluding carboxylic acids is 1. The Labute approximate surface area is 99.0 Å². The van der Waals surface area contributed by atoms with Crippen molar-refractivity contribution in [2.75, 3.05) is 5.73 Å². The van der Waals surface area contributed by atoms with E-state index in [9.17, 15) is 4.79 Å². The maximum Gasteiger partial charge on any atom is 0.253 e. The Morgan fingerprint density at radius 2 is 2.35 bits per heavy atom. The minimum Gasteiger partial charge on any atom is -0.398 e. The van der Waals surface area contributed by atoms with E-state index in [4.69, 9.17) is 5.73 Å². The highest BCUT2D eigenvalue weighted by atomic mass is 16.1. The molecular weight excluding hydrogens is 216 g/mol. The number of hydrogen-bond donors (Lipinski definition) is 3. The quantitative estimate of drug-likeness (QED) is 0.693. The highest BCUT2D eigenvalue weighted by molar-refractivity contribution is 5.99. The summed E-state index contributed by atoms with van der Waals surface area (Å²) in [7, 11) is 0. The SMILES string of the molecule is Cc1ccc(N)c(C(=O)NCc2cn[nH]c2)c1. The van der Waals surface area contributed by atoms with Gasteiger partial charge in [-0.1, -0.05) is 11.6 Å². The van der Waals surface area contributed by atoms with Crippen molar-refractivity contribution in [1.82, 2.24) is 15.5 Å². The molecule has 1 heterocycles. The molecule has 2 aromatic rings. The largest absolute Gasteiger partial charge is 0.398 e. The first-order valence-corrected chi connectivity index (χ1v) is 5.29. The van der Waals surface area contributed by atoms with Gasteiger partial charge in [-0.3, -0.25) is 9.89 Å². The first-order valence-electron chi connectivity index (χ1n) is 5.29. The zero-order valence-corrected chi connectivity index (χ0v) is 9.53. The zero-order chi connectivity index (χ0) is 12.3. The van der Waals surface area contributed by atoms with Crippen LogP contribution in [0, 0.1) is 6.92 Å². The first-order chi connectivity index (χ1) is 8.16. The molecule has 1 aromatic carbocycles. The lowest BCUT2D eigenvalue weighted by atomic mass is 10.1. The van der Waals surface area contributed by atoms with Gasteiger partial charge in [0.15, 0.2) is 0 Å². The molecule has 1 aromatic heterocycles. The van der Waals surface area contributed by atoms with Gasteiger partial charge in [0.25, 0.3) is 5.91 Å². The molecule has 0 aliphatic rings. The Kier molecular flexibility index (Phi) is 3.09. The lowest BCUT2D eigenvalue weighted by molar-refractivity contribution is 0.0951.